The summed E-state index contributed by atoms with van der Waals surface area (Å²) >= 11 is 12.3. The van der Waals surface area contributed by atoms with E-state index in [2.05, 4.69) is 16.0 Å². The molecule has 0 aromatic heterocycles. The Morgan fingerprint density at radius 2 is 1.93 bits per heavy atom. The van der Waals surface area contributed by atoms with Gasteiger partial charge in [-0.3, -0.25) is 0 Å². The maximum absolute atomic E-state index is 12.4. The molecule has 3 rings (SSSR count). The number of carbonyl (C=O) groups excluding carboxylic acids is 1. The first kappa shape index (κ1) is 19.1. The van der Waals surface area contributed by atoms with Crippen molar-refractivity contribution in [3.63, 3.8) is 0 Å². The lowest BCUT2D eigenvalue weighted by Crippen LogP contribution is -2.42. The minimum absolute atomic E-state index is 0.139. The van der Waals surface area contributed by atoms with Crippen molar-refractivity contribution in [3.05, 3.63) is 52.0 Å². The predicted molar refractivity (Wildman–Crippen MR) is 104 cm³/mol. The molecule has 1 heterocycles. The molecule has 2 unspecified atom stereocenters. The van der Waals surface area contributed by atoms with E-state index in [-0.39, 0.29) is 6.42 Å². The monoisotopic (exact) mass is 409 g/mol. The van der Waals surface area contributed by atoms with E-state index in [1.807, 2.05) is 0 Å². The lowest BCUT2D eigenvalue weighted by Gasteiger charge is -2.32. The van der Waals surface area contributed by atoms with E-state index in [1.54, 1.807) is 43.5 Å². The fourth-order valence-electron chi connectivity index (χ4n) is 2.95. The Balaban J connectivity index is 1.80. The Morgan fingerprint density at radius 1 is 1.22 bits per heavy atom. The van der Waals surface area contributed by atoms with Crippen molar-refractivity contribution in [2.75, 3.05) is 17.7 Å². The summed E-state index contributed by atoms with van der Waals surface area (Å²) in [5.74, 6) is -0.361. The zero-order valence-electron chi connectivity index (χ0n) is 14.3. The van der Waals surface area contributed by atoms with Gasteiger partial charge < -0.3 is 25.8 Å². The van der Waals surface area contributed by atoms with Crippen LogP contribution in [-0.4, -0.2) is 30.3 Å². The molecule has 0 fully saturated rings. The predicted octanol–water partition coefficient (Wildman–Crippen LogP) is 4.13. The molecule has 142 valence electrons. The minimum Gasteiger partial charge on any atom is -0.497 e. The van der Waals surface area contributed by atoms with E-state index in [1.165, 1.54) is 0 Å². The fourth-order valence-corrected chi connectivity index (χ4v) is 3.58. The Labute approximate surface area is 165 Å². The highest BCUT2D eigenvalue weighted by atomic mass is 35.5. The summed E-state index contributed by atoms with van der Waals surface area (Å²) in [7, 11) is 1.55. The molecule has 9 heteroatoms. The third-order valence-corrected chi connectivity index (χ3v) is 4.73. The van der Waals surface area contributed by atoms with Crippen molar-refractivity contribution in [2.24, 2.45) is 0 Å². The first-order chi connectivity index (χ1) is 12.9. The number of aliphatic carboxylic acids is 1. The van der Waals surface area contributed by atoms with E-state index in [0.29, 0.717) is 32.7 Å². The van der Waals surface area contributed by atoms with Gasteiger partial charge in [0, 0.05) is 33.4 Å². The molecule has 0 aliphatic carbocycles. The van der Waals surface area contributed by atoms with Crippen LogP contribution in [0.4, 0.5) is 16.2 Å². The number of urea groups is 1. The molecule has 0 saturated heterocycles. The quantitative estimate of drug-likeness (QED) is 0.608. The second-order valence-corrected chi connectivity index (χ2v) is 6.84. The molecule has 7 nitrogen and oxygen atoms in total. The van der Waals surface area contributed by atoms with Crippen LogP contribution in [-0.2, 0) is 4.79 Å². The number of carbonyl (C=O) groups is 2. The highest BCUT2D eigenvalue weighted by Crippen LogP contribution is 2.39. The number of hydrogen-bond donors (Lipinski definition) is 4. The van der Waals surface area contributed by atoms with Gasteiger partial charge in [0.05, 0.1) is 13.2 Å². The maximum Gasteiger partial charge on any atom is 0.326 e. The Kier molecular flexibility index (Phi) is 5.62. The van der Waals surface area contributed by atoms with Crippen LogP contribution in [0.5, 0.6) is 5.75 Å². The van der Waals surface area contributed by atoms with Gasteiger partial charge in [-0.15, -0.1) is 0 Å². The molecule has 27 heavy (non-hydrogen) atoms. The van der Waals surface area contributed by atoms with E-state index in [0.717, 1.165) is 0 Å². The zero-order valence-corrected chi connectivity index (χ0v) is 15.8. The highest BCUT2D eigenvalue weighted by molar-refractivity contribution is 6.35. The van der Waals surface area contributed by atoms with Gasteiger partial charge in [0.2, 0.25) is 0 Å². The van der Waals surface area contributed by atoms with Crippen molar-refractivity contribution in [1.82, 2.24) is 5.32 Å². The molecule has 0 bridgehead atoms. The summed E-state index contributed by atoms with van der Waals surface area (Å²) in [6.45, 7) is 0. The number of carboxylic acids is 1. The van der Waals surface area contributed by atoms with Crippen molar-refractivity contribution in [1.29, 1.82) is 0 Å². The molecule has 0 spiro atoms. The van der Waals surface area contributed by atoms with Gasteiger partial charge >= 0.3 is 12.0 Å². The second-order valence-electron chi connectivity index (χ2n) is 6.00. The van der Waals surface area contributed by atoms with Gasteiger partial charge in [-0.25, -0.2) is 9.59 Å². The summed E-state index contributed by atoms with van der Waals surface area (Å²) < 4.78 is 5.08. The number of amides is 2. The van der Waals surface area contributed by atoms with Crippen LogP contribution in [0.25, 0.3) is 0 Å². The smallest absolute Gasteiger partial charge is 0.326 e. The molecule has 1 aliphatic rings. The maximum atomic E-state index is 12.4. The number of ether oxygens (including phenoxy) is 1. The van der Waals surface area contributed by atoms with E-state index < -0.39 is 24.1 Å². The third-order valence-electron chi connectivity index (χ3n) is 4.20. The summed E-state index contributed by atoms with van der Waals surface area (Å²) in [6, 6.07) is 8.03. The van der Waals surface area contributed by atoms with E-state index >= 15 is 0 Å². The van der Waals surface area contributed by atoms with Crippen LogP contribution in [0.3, 0.4) is 0 Å². The number of halogens is 2. The van der Waals surface area contributed by atoms with Crippen molar-refractivity contribution >= 4 is 46.6 Å². The number of carboxylic acid groups (broad SMARTS) is 1. The number of anilines is 2. The second kappa shape index (κ2) is 7.94. The first-order valence-electron chi connectivity index (χ1n) is 8.07. The van der Waals surface area contributed by atoms with Crippen LogP contribution in [0.15, 0.2) is 36.4 Å². The average molecular weight is 410 g/mol. The molecular weight excluding hydrogens is 393 g/mol. The molecule has 2 aromatic carbocycles. The standard InChI is InChI=1S/C18H17Cl2N3O4/c1-27-11-4-2-10(3-5-11)21-18(26)23-14-8-15(17(24)25)22-13-7-9(19)6-12(20)16(13)14/h2-7,14-15,22H,8H2,1H3,(H,24,25)(H2,21,23,26). The number of hydrogen-bond acceptors (Lipinski definition) is 4. The fraction of sp³-hybridized carbons (Fsp3) is 0.222. The Morgan fingerprint density at radius 3 is 2.56 bits per heavy atom. The summed E-state index contributed by atoms with van der Waals surface area (Å²) in [5, 5.41) is 18.5. The number of rotatable bonds is 4. The Hall–Kier alpha value is -2.64. The van der Waals surface area contributed by atoms with Gasteiger partial charge in [-0.05, 0) is 36.4 Å². The molecule has 0 radical (unpaired) electrons. The van der Waals surface area contributed by atoms with Crippen LogP contribution in [0.1, 0.15) is 18.0 Å². The summed E-state index contributed by atoms with van der Waals surface area (Å²) in [5.41, 5.74) is 1.66. The number of methoxy groups -OCH3 is 1. The molecule has 4 N–H and O–H groups in total. The van der Waals surface area contributed by atoms with Gasteiger partial charge in [-0.2, -0.15) is 0 Å². The summed E-state index contributed by atoms with van der Waals surface area (Å²) in [6.07, 6.45) is 0.139. The van der Waals surface area contributed by atoms with Crippen molar-refractivity contribution in [3.8, 4) is 5.75 Å². The van der Waals surface area contributed by atoms with Gasteiger partial charge in [0.25, 0.3) is 0 Å². The number of fused-ring (bicyclic) bond motifs is 1. The van der Waals surface area contributed by atoms with Crippen LogP contribution < -0.4 is 20.7 Å². The zero-order chi connectivity index (χ0) is 19.6. The van der Waals surface area contributed by atoms with E-state index in [9.17, 15) is 14.7 Å². The molecule has 2 amide bonds. The normalized spacial score (nSPS) is 18.0. The number of benzene rings is 2. The highest BCUT2D eigenvalue weighted by Gasteiger charge is 2.33. The lowest BCUT2D eigenvalue weighted by molar-refractivity contribution is -0.138. The van der Waals surface area contributed by atoms with Crippen molar-refractivity contribution < 1.29 is 19.4 Å². The number of nitrogens with one attached hydrogen (secondary N) is 3. The largest absolute Gasteiger partial charge is 0.497 e. The minimum atomic E-state index is -1.03. The molecular formula is C18H17Cl2N3O4. The molecule has 2 atom stereocenters. The van der Waals surface area contributed by atoms with E-state index in [4.69, 9.17) is 27.9 Å². The average Bonchev–Trinajstić information content (AvgIpc) is 2.61. The molecule has 2 aromatic rings. The van der Waals surface area contributed by atoms with Gasteiger partial charge in [0.1, 0.15) is 11.8 Å². The Bertz CT molecular complexity index is 874. The topological polar surface area (TPSA) is 99.7 Å². The van der Waals surface area contributed by atoms with Crippen molar-refractivity contribution in [2.45, 2.75) is 18.5 Å². The molecule has 1 aliphatic heterocycles. The van der Waals surface area contributed by atoms with Gasteiger partial charge in [0.15, 0.2) is 0 Å². The van der Waals surface area contributed by atoms with Crippen LogP contribution >= 0.6 is 23.2 Å². The first-order valence-corrected chi connectivity index (χ1v) is 8.83. The van der Waals surface area contributed by atoms with Gasteiger partial charge in [-0.1, -0.05) is 23.2 Å². The third kappa shape index (κ3) is 4.37. The van der Waals surface area contributed by atoms with Crippen LogP contribution in [0, 0.1) is 0 Å². The SMILES string of the molecule is COc1ccc(NC(=O)NC2CC(C(=O)O)Nc3cc(Cl)cc(Cl)c32)cc1. The van der Waals surface area contributed by atoms with Crippen LogP contribution in [0.2, 0.25) is 10.0 Å². The lowest BCUT2D eigenvalue weighted by atomic mass is 9.93. The molecule has 0 saturated carbocycles. The summed E-state index contributed by atoms with van der Waals surface area (Å²) in [4.78, 5) is 23.9.